The van der Waals surface area contributed by atoms with Crippen molar-refractivity contribution in [3.63, 3.8) is 0 Å². The molecule has 66 valence electrons. The van der Waals surface area contributed by atoms with E-state index in [-0.39, 0.29) is 6.04 Å². The van der Waals surface area contributed by atoms with E-state index >= 15 is 0 Å². The lowest BCUT2D eigenvalue weighted by Crippen LogP contribution is -2.17. The fourth-order valence-corrected chi connectivity index (χ4v) is 1.28. The number of aryl methyl sites for hydroxylation is 1. The molecule has 0 heterocycles. The second kappa shape index (κ2) is 4.27. The van der Waals surface area contributed by atoms with Gasteiger partial charge in [0.25, 0.3) is 0 Å². The van der Waals surface area contributed by atoms with Crippen LogP contribution in [0.25, 0.3) is 0 Å². The molecule has 1 aromatic rings. The third-order valence-corrected chi connectivity index (χ3v) is 1.99. The quantitative estimate of drug-likeness (QED) is 0.726. The van der Waals surface area contributed by atoms with Crippen molar-refractivity contribution >= 4 is 0 Å². The van der Waals surface area contributed by atoms with Gasteiger partial charge in [0.05, 0.1) is 0 Å². The van der Waals surface area contributed by atoms with Crippen LogP contribution < -0.4 is 5.73 Å². The minimum absolute atomic E-state index is 0.262. The zero-order valence-corrected chi connectivity index (χ0v) is 7.88. The molecule has 0 bridgehead atoms. The molecule has 0 unspecified atom stereocenters. The van der Waals surface area contributed by atoms with Crippen molar-refractivity contribution in [2.45, 2.75) is 32.7 Å². The fourth-order valence-electron chi connectivity index (χ4n) is 1.28. The Morgan fingerprint density at radius 2 is 1.67 bits per heavy atom. The van der Waals surface area contributed by atoms with Crippen molar-refractivity contribution < 1.29 is 0 Å². The number of hydrogen-bond donors (Lipinski definition) is 1. The molecule has 0 radical (unpaired) electrons. The van der Waals surface area contributed by atoms with Crippen molar-refractivity contribution in [3.8, 4) is 0 Å². The van der Waals surface area contributed by atoms with E-state index in [2.05, 4.69) is 31.2 Å². The molecule has 0 fully saturated rings. The van der Waals surface area contributed by atoms with E-state index in [4.69, 9.17) is 5.73 Å². The van der Waals surface area contributed by atoms with E-state index in [1.807, 2.05) is 6.92 Å². The summed E-state index contributed by atoms with van der Waals surface area (Å²) in [5, 5.41) is 0. The average molecular weight is 163 g/mol. The first kappa shape index (κ1) is 9.27. The number of rotatable bonds is 3. The molecule has 1 heteroatoms. The molecule has 0 aliphatic rings. The maximum atomic E-state index is 5.69. The summed E-state index contributed by atoms with van der Waals surface area (Å²) in [7, 11) is 0. The molecule has 1 rings (SSSR count). The lowest BCUT2D eigenvalue weighted by Gasteiger charge is -2.05. The second-order valence-corrected chi connectivity index (χ2v) is 3.35. The average Bonchev–Trinajstić information content (AvgIpc) is 2.05. The van der Waals surface area contributed by atoms with Crippen LogP contribution in [0.3, 0.4) is 0 Å². The summed E-state index contributed by atoms with van der Waals surface area (Å²) in [6.45, 7) is 4.20. The standard InChI is InChI=1S/C11H17N/c1-3-10-4-6-11(7-5-10)8-9(2)12/h4-7,9H,3,8,12H2,1-2H3/t9-/m0/s1. The third kappa shape index (κ3) is 2.67. The van der Waals surface area contributed by atoms with Gasteiger partial charge in [-0.15, -0.1) is 0 Å². The lowest BCUT2D eigenvalue weighted by molar-refractivity contribution is 0.738. The predicted octanol–water partition coefficient (Wildman–Crippen LogP) is 2.14. The highest BCUT2D eigenvalue weighted by Crippen LogP contribution is 2.06. The van der Waals surface area contributed by atoms with Crippen LogP contribution in [-0.4, -0.2) is 6.04 Å². The number of benzene rings is 1. The molecule has 0 aliphatic carbocycles. The Morgan fingerprint density at radius 3 is 2.08 bits per heavy atom. The van der Waals surface area contributed by atoms with Gasteiger partial charge in [0.2, 0.25) is 0 Å². The fraction of sp³-hybridized carbons (Fsp3) is 0.455. The molecule has 0 saturated heterocycles. The molecule has 0 amide bonds. The van der Waals surface area contributed by atoms with Crippen LogP contribution in [0, 0.1) is 0 Å². The summed E-state index contributed by atoms with van der Waals surface area (Å²) in [5.41, 5.74) is 8.42. The maximum Gasteiger partial charge on any atom is 0.00509 e. The Balaban J connectivity index is 2.65. The van der Waals surface area contributed by atoms with Gasteiger partial charge in [-0.1, -0.05) is 31.2 Å². The first-order valence-electron chi connectivity index (χ1n) is 4.55. The lowest BCUT2D eigenvalue weighted by atomic mass is 10.0. The number of nitrogens with two attached hydrogens (primary N) is 1. The van der Waals surface area contributed by atoms with Crippen LogP contribution in [0.15, 0.2) is 24.3 Å². The van der Waals surface area contributed by atoms with Crippen molar-refractivity contribution in [1.82, 2.24) is 0 Å². The summed E-state index contributed by atoms with van der Waals surface area (Å²) in [4.78, 5) is 0. The van der Waals surface area contributed by atoms with Crippen LogP contribution in [0.1, 0.15) is 25.0 Å². The Kier molecular flexibility index (Phi) is 3.30. The summed E-state index contributed by atoms with van der Waals surface area (Å²) in [5.74, 6) is 0. The van der Waals surface area contributed by atoms with Gasteiger partial charge in [0, 0.05) is 6.04 Å². The number of hydrogen-bond acceptors (Lipinski definition) is 1. The molecule has 1 nitrogen and oxygen atoms in total. The molecule has 0 spiro atoms. The van der Waals surface area contributed by atoms with Crippen molar-refractivity contribution in [1.29, 1.82) is 0 Å². The van der Waals surface area contributed by atoms with Crippen LogP contribution in [-0.2, 0) is 12.8 Å². The maximum absolute atomic E-state index is 5.69. The summed E-state index contributed by atoms with van der Waals surface area (Å²) >= 11 is 0. The summed E-state index contributed by atoms with van der Waals surface area (Å²) < 4.78 is 0. The second-order valence-electron chi connectivity index (χ2n) is 3.35. The van der Waals surface area contributed by atoms with E-state index in [1.54, 1.807) is 0 Å². The van der Waals surface area contributed by atoms with Crippen LogP contribution >= 0.6 is 0 Å². The smallest absolute Gasteiger partial charge is 0.00509 e. The molecule has 1 aromatic carbocycles. The molecular formula is C11H17N. The van der Waals surface area contributed by atoms with Crippen LogP contribution in [0.2, 0.25) is 0 Å². The van der Waals surface area contributed by atoms with E-state index in [9.17, 15) is 0 Å². The third-order valence-electron chi connectivity index (χ3n) is 1.99. The molecule has 0 aliphatic heterocycles. The topological polar surface area (TPSA) is 26.0 Å². The zero-order valence-electron chi connectivity index (χ0n) is 7.88. The van der Waals surface area contributed by atoms with Gasteiger partial charge in [-0.3, -0.25) is 0 Å². The molecule has 0 saturated carbocycles. The van der Waals surface area contributed by atoms with Gasteiger partial charge in [0.1, 0.15) is 0 Å². The Morgan fingerprint density at radius 1 is 1.17 bits per heavy atom. The first-order valence-corrected chi connectivity index (χ1v) is 4.55. The molecule has 2 N–H and O–H groups in total. The minimum atomic E-state index is 0.262. The van der Waals surface area contributed by atoms with Gasteiger partial charge in [0.15, 0.2) is 0 Å². The highest BCUT2D eigenvalue weighted by atomic mass is 14.6. The van der Waals surface area contributed by atoms with Crippen molar-refractivity contribution in [3.05, 3.63) is 35.4 Å². The van der Waals surface area contributed by atoms with Crippen LogP contribution in [0.4, 0.5) is 0 Å². The van der Waals surface area contributed by atoms with Crippen molar-refractivity contribution in [2.24, 2.45) is 5.73 Å². The predicted molar refractivity (Wildman–Crippen MR) is 53.2 cm³/mol. The normalized spacial score (nSPS) is 12.9. The molecular weight excluding hydrogens is 146 g/mol. The van der Waals surface area contributed by atoms with Gasteiger partial charge in [-0.25, -0.2) is 0 Å². The van der Waals surface area contributed by atoms with E-state index < -0.39 is 0 Å². The zero-order chi connectivity index (χ0) is 8.97. The van der Waals surface area contributed by atoms with Crippen LogP contribution in [0.5, 0.6) is 0 Å². The molecule has 12 heavy (non-hydrogen) atoms. The highest BCUT2D eigenvalue weighted by Gasteiger charge is 1.96. The molecule has 0 aromatic heterocycles. The van der Waals surface area contributed by atoms with Gasteiger partial charge in [-0.2, -0.15) is 0 Å². The minimum Gasteiger partial charge on any atom is -0.328 e. The largest absolute Gasteiger partial charge is 0.328 e. The Labute approximate surface area is 74.6 Å². The van der Waals surface area contributed by atoms with Crippen molar-refractivity contribution in [2.75, 3.05) is 0 Å². The Bertz CT molecular complexity index is 223. The Hall–Kier alpha value is -0.820. The monoisotopic (exact) mass is 163 g/mol. The SMILES string of the molecule is CCc1ccc(C[C@H](C)N)cc1. The van der Waals surface area contributed by atoms with Gasteiger partial charge >= 0.3 is 0 Å². The van der Waals surface area contributed by atoms with Gasteiger partial charge in [-0.05, 0) is 30.9 Å². The van der Waals surface area contributed by atoms with E-state index in [0.29, 0.717) is 0 Å². The van der Waals surface area contributed by atoms with E-state index in [0.717, 1.165) is 12.8 Å². The summed E-state index contributed by atoms with van der Waals surface area (Å²) in [6.07, 6.45) is 2.09. The first-order chi connectivity index (χ1) is 5.72. The molecule has 1 atom stereocenters. The summed E-state index contributed by atoms with van der Waals surface area (Å²) in [6, 6.07) is 8.96. The highest BCUT2D eigenvalue weighted by molar-refractivity contribution is 5.22. The van der Waals surface area contributed by atoms with E-state index in [1.165, 1.54) is 11.1 Å². The van der Waals surface area contributed by atoms with Gasteiger partial charge < -0.3 is 5.73 Å².